The van der Waals surface area contributed by atoms with E-state index in [0.717, 1.165) is 24.8 Å². The Morgan fingerprint density at radius 3 is 2.33 bits per heavy atom. The van der Waals surface area contributed by atoms with Gasteiger partial charge in [0, 0.05) is 11.5 Å². The molecular formula is C20H22O. The highest BCUT2D eigenvalue weighted by Crippen LogP contribution is 2.29. The van der Waals surface area contributed by atoms with E-state index in [1.54, 1.807) is 0 Å². The van der Waals surface area contributed by atoms with Crippen LogP contribution in [0.4, 0.5) is 0 Å². The summed E-state index contributed by atoms with van der Waals surface area (Å²) in [5, 5.41) is 0. The van der Waals surface area contributed by atoms with Gasteiger partial charge in [0.05, 0.1) is 0 Å². The monoisotopic (exact) mass is 278 g/mol. The van der Waals surface area contributed by atoms with E-state index in [2.05, 4.69) is 50.2 Å². The third-order valence-electron chi connectivity index (χ3n) is 4.28. The Morgan fingerprint density at radius 1 is 1.05 bits per heavy atom. The van der Waals surface area contributed by atoms with Crippen molar-refractivity contribution in [3.63, 3.8) is 0 Å². The van der Waals surface area contributed by atoms with Crippen molar-refractivity contribution in [1.29, 1.82) is 0 Å². The lowest BCUT2D eigenvalue weighted by molar-refractivity contribution is 0.0924. The minimum atomic E-state index is 0.122. The summed E-state index contributed by atoms with van der Waals surface area (Å²) in [4.78, 5) is 12.8. The topological polar surface area (TPSA) is 17.1 Å². The minimum Gasteiger partial charge on any atom is -0.294 e. The van der Waals surface area contributed by atoms with Crippen molar-refractivity contribution in [3.05, 3.63) is 70.8 Å². The maximum absolute atomic E-state index is 12.8. The van der Waals surface area contributed by atoms with Gasteiger partial charge >= 0.3 is 0 Å². The Morgan fingerprint density at radius 2 is 1.71 bits per heavy atom. The highest BCUT2D eigenvalue weighted by Gasteiger charge is 2.27. The van der Waals surface area contributed by atoms with Crippen LogP contribution in [0.3, 0.4) is 0 Å². The lowest BCUT2D eigenvalue weighted by Gasteiger charge is -2.10. The quantitative estimate of drug-likeness (QED) is 0.753. The first-order valence-electron chi connectivity index (χ1n) is 7.83. The Balaban J connectivity index is 1.78. The number of hydrogen-bond donors (Lipinski definition) is 0. The molecule has 0 saturated carbocycles. The molecule has 0 heterocycles. The highest BCUT2D eigenvalue weighted by molar-refractivity contribution is 5.98. The Labute approximate surface area is 127 Å². The van der Waals surface area contributed by atoms with Crippen LogP contribution in [0.2, 0.25) is 0 Å². The average Bonchev–Trinajstić information content (AvgIpc) is 2.90. The van der Waals surface area contributed by atoms with Gasteiger partial charge in [-0.15, -0.1) is 0 Å². The number of carbonyl (C=O) groups excluding carboxylic acids is 1. The molecule has 1 aliphatic carbocycles. The maximum Gasteiger partial charge on any atom is 0.166 e. The summed E-state index contributed by atoms with van der Waals surface area (Å²) in [5.41, 5.74) is 4.83. The molecule has 1 aliphatic rings. The Hall–Kier alpha value is -1.89. The number of ketones is 1. The van der Waals surface area contributed by atoms with E-state index in [1.165, 1.54) is 16.7 Å². The van der Waals surface area contributed by atoms with Crippen molar-refractivity contribution >= 4 is 5.78 Å². The molecule has 2 aromatic carbocycles. The minimum absolute atomic E-state index is 0.122. The van der Waals surface area contributed by atoms with Crippen LogP contribution >= 0.6 is 0 Å². The van der Waals surface area contributed by atoms with E-state index in [9.17, 15) is 4.79 Å². The van der Waals surface area contributed by atoms with Gasteiger partial charge in [-0.25, -0.2) is 0 Å². The summed E-state index contributed by atoms with van der Waals surface area (Å²) in [6.45, 7) is 4.42. The van der Waals surface area contributed by atoms with Gasteiger partial charge in [0.2, 0.25) is 0 Å². The van der Waals surface area contributed by atoms with Gasteiger partial charge < -0.3 is 0 Å². The first-order valence-corrected chi connectivity index (χ1v) is 7.83. The van der Waals surface area contributed by atoms with Crippen LogP contribution < -0.4 is 0 Å². The van der Waals surface area contributed by atoms with E-state index in [0.29, 0.717) is 11.7 Å². The van der Waals surface area contributed by atoms with E-state index < -0.39 is 0 Å². The third-order valence-corrected chi connectivity index (χ3v) is 4.28. The normalized spacial score (nSPS) is 14.4. The molecular weight excluding hydrogens is 256 g/mol. The fourth-order valence-corrected chi connectivity index (χ4v) is 3.30. The summed E-state index contributed by atoms with van der Waals surface area (Å²) < 4.78 is 0. The number of rotatable bonds is 4. The summed E-state index contributed by atoms with van der Waals surface area (Å²) in [5.74, 6) is 1.04. The molecule has 1 nitrogen and oxygen atoms in total. The highest BCUT2D eigenvalue weighted by atomic mass is 16.1. The van der Waals surface area contributed by atoms with Crippen LogP contribution in [0, 0.1) is 11.8 Å². The largest absolute Gasteiger partial charge is 0.294 e. The van der Waals surface area contributed by atoms with Gasteiger partial charge in [0.15, 0.2) is 5.78 Å². The molecule has 3 rings (SSSR count). The molecule has 0 aliphatic heterocycles. The van der Waals surface area contributed by atoms with Crippen LogP contribution in [0.25, 0.3) is 0 Å². The smallest absolute Gasteiger partial charge is 0.166 e. The number of hydrogen-bond acceptors (Lipinski definition) is 1. The SMILES string of the molecule is CC(C)Cc1cccc(C(=O)C2Cc3ccccc3C2)c1. The van der Waals surface area contributed by atoms with Crippen LogP contribution in [0.1, 0.15) is 40.9 Å². The van der Waals surface area contributed by atoms with Crippen LogP contribution in [0.15, 0.2) is 48.5 Å². The second-order valence-corrected chi connectivity index (χ2v) is 6.54. The number of fused-ring (bicyclic) bond motifs is 1. The molecule has 0 amide bonds. The first-order chi connectivity index (χ1) is 10.1. The van der Waals surface area contributed by atoms with Crippen molar-refractivity contribution in [2.75, 3.05) is 0 Å². The van der Waals surface area contributed by atoms with E-state index in [4.69, 9.17) is 0 Å². The standard InChI is InChI=1S/C20H22O/c1-14(2)10-15-6-5-9-18(11-15)20(21)19-12-16-7-3-4-8-17(16)13-19/h3-9,11,14,19H,10,12-13H2,1-2H3. The van der Waals surface area contributed by atoms with E-state index >= 15 is 0 Å². The summed E-state index contributed by atoms with van der Waals surface area (Å²) >= 11 is 0. The summed E-state index contributed by atoms with van der Waals surface area (Å²) in [6.07, 6.45) is 2.82. The van der Waals surface area contributed by atoms with Crippen molar-refractivity contribution < 1.29 is 4.79 Å². The third kappa shape index (κ3) is 3.07. The molecule has 1 heteroatoms. The zero-order chi connectivity index (χ0) is 14.8. The van der Waals surface area contributed by atoms with Crippen molar-refractivity contribution in [1.82, 2.24) is 0 Å². The molecule has 0 saturated heterocycles. The van der Waals surface area contributed by atoms with Gasteiger partial charge in [0.1, 0.15) is 0 Å². The lowest BCUT2D eigenvalue weighted by atomic mass is 9.92. The fraction of sp³-hybridized carbons (Fsp3) is 0.350. The van der Waals surface area contributed by atoms with Crippen LogP contribution in [-0.4, -0.2) is 5.78 Å². The van der Waals surface area contributed by atoms with Gasteiger partial charge in [-0.2, -0.15) is 0 Å². The Kier molecular flexibility index (Phi) is 3.92. The average molecular weight is 278 g/mol. The predicted octanol–water partition coefficient (Wildman–Crippen LogP) is 4.48. The van der Waals surface area contributed by atoms with Crippen LogP contribution in [-0.2, 0) is 19.3 Å². The molecule has 0 N–H and O–H groups in total. The molecule has 0 spiro atoms. The van der Waals surface area contributed by atoms with Crippen molar-refractivity contribution in [3.8, 4) is 0 Å². The number of benzene rings is 2. The van der Waals surface area contributed by atoms with Gasteiger partial charge in [-0.05, 0) is 47.9 Å². The molecule has 108 valence electrons. The number of Topliss-reactive ketones (excluding diaryl/α,β-unsaturated/α-hetero) is 1. The molecule has 0 atom stereocenters. The van der Waals surface area contributed by atoms with Crippen molar-refractivity contribution in [2.45, 2.75) is 33.1 Å². The second kappa shape index (κ2) is 5.85. The van der Waals surface area contributed by atoms with E-state index in [1.807, 2.05) is 12.1 Å². The number of carbonyl (C=O) groups is 1. The predicted molar refractivity (Wildman–Crippen MR) is 86.7 cm³/mol. The molecule has 21 heavy (non-hydrogen) atoms. The summed E-state index contributed by atoms with van der Waals surface area (Å²) in [6, 6.07) is 16.6. The molecule has 0 aromatic heterocycles. The molecule has 2 aromatic rings. The zero-order valence-electron chi connectivity index (χ0n) is 12.8. The van der Waals surface area contributed by atoms with Crippen LogP contribution in [0.5, 0.6) is 0 Å². The van der Waals surface area contributed by atoms with Gasteiger partial charge in [-0.3, -0.25) is 4.79 Å². The lowest BCUT2D eigenvalue weighted by Crippen LogP contribution is -2.15. The maximum atomic E-state index is 12.8. The van der Waals surface area contributed by atoms with Crippen molar-refractivity contribution in [2.24, 2.45) is 11.8 Å². The molecule has 0 unspecified atom stereocenters. The molecule has 0 radical (unpaired) electrons. The zero-order valence-corrected chi connectivity index (χ0v) is 12.8. The van der Waals surface area contributed by atoms with Gasteiger partial charge in [0.25, 0.3) is 0 Å². The molecule has 0 fully saturated rings. The second-order valence-electron chi connectivity index (χ2n) is 6.54. The van der Waals surface area contributed by atoms with E-state index in [-0.39, 0.29) is 5.92 Å². The first kappa shape index (κ1) is 14.1. The summed E-state index contributed by atoms with van der Waals surface area (Å²) in [7, 11) is 0. The molecule has 0 bridgehead atoms. The van der Waals surface area contributed by atoms with Gasteiger partial charge in [-0.1, -0.05) is 56.3 Å². The fourth-order valence-electron chi connectivity index (χ4n) is 3.30. The Bertz CT molecular complexity index is 629.